The number of hydrogen-bond donors (Lipinski definition) is 4. The van der Waals surface area contributed by atoms with Crippen LogP contribution in [0.15, 0.2) is 35.4 Å². The molecule has 4 N–H and O–H groups in total. The van der Waals surface area contributed by atoms with Gasteiger partial charge in [-0.1, -0.05) is 6.07 Å². The quantitative estimate of drug-likeness (QED) is 0.387. The van der Waals surface area contributed by atoms with Crippen LogP contribution >= 0.6 is 11.9 Å². The van der Waals surface area contributed by atoms with Gasteiger partial charge in [0.2, 0.25) is 5.60 Å². The van der Waals surface area contributed by atoms with E-state index in [4.69, 9.17) is 0 Å². The van der Waals surface area contributed by atoms with Gasteiger partial charge in [-0.25, -0.2) is 9.97 Å². The summed E-state index contributed by atoms with van der Waals surface area (Å²) < 4.78 is 44.2. The molecule has 2 aliphatic rings. The minimum atomic E-state index is -5.15. The molecule has 1 aliphatic carbocycles. The third-order valence-corrected chi connectivity index (χ3v) is 7.90. The maximum absolute atomic E-state index is 13.6. The monoisotopic (exact) mass is 539 g/mol. The molecular formula is C25H32F3N5O3S. The average Bonchev–Trinajstić information content (AvgIpc) is 3.60. The number of nitrogens with one attached hydrogen (secondary N) is 2. The van der Waals surface area contributed by atoms with Crippen LogP contribution in [0.1, 0.15) is 62.5 Å². The first-order valence-corrected chi connectivity index (χ1v) is 13.0. The lowest BCUT2D eigenvalue weighted by Crippen LogP contribution is -2.46. The lowest BCUT2D eigenvalue weighted by Gasteiger charge is -2.35. The van der Waals surface area contributed by atoms with Crippen LogP contribution in [-0.2, 0) is 5.60 Å². The van der Waals surface area contributed by atoms with Crippen LogP contribution < -0.4 is 14.9 Å². The summed E-state index contributed by atoms with van der Waals surface area (Å²) in [5.41, 5.74) is -4.11. The molecular weight excluding hydrogens is 507 g/mol. The van der Waals surface area contributed by atoms with Crippen LogP contribution in [0.3, 0.4) is 0 Å². The summed E-state index contributed by atoms with van der Waals surface area (Å²) in [5.74, 6) is -0.265. The Hall–Kier alpha value is -2.41. The van der Waals surface area contributed by atoms with Crippen molar-refractivity contribution in [3.8, 4) is 0 Å². The van der Waals surface area contributed by atoms with E-state index in [1.807, 2.05) is 20.8 Å². The number of aliphatic hydroxyl groups is 2. The highest BCUT2D eigenvalue weighted by Crippen LogP contribution is 2.54. The Labute approximate surface area is 218 Å². The van der Waals surface area contributed by atoms with Crippen molar-refractivity contribution < 1.29 is 28.2 Å². The topological polar surface area (TPSA) is 111 Å². The summed E-state index contributed by atoms with van der Waals surface area (Å²) in [6.07, 6.45) is -1.19. The van der Waals surface area contributed by atoms with Gasteiger partial charge in [0.1, 0.15) is 16.7 Å². The Morgan fingerprint density at radius 3 is 2.32 bits per heavy atom. The fraction of sp³-hybridized carbons (Fsp3) is 0.560. The van der Waals surface area contributed by atoms with Gasteiger partial charge in [-0.2, -0.15) is 13.2 Å². The predicted octanol–water partition coefficient (Wildman–Crippen LogP) is 4.25. The van der Waals surface area contributed by atoms with Gasteiger partial charge in [-0.15, -0.1) is 0 Å². The van der Waals surface area contributed by atoms with Crippen molar-refractivity contribution in [1.82, 2.24) is 14.7 Å². The Balaban J connectivity index is 1.63. The zero-order valence-corrected chi connectivity index (χ0v) is 21.8. The lowest BCUT2D eigenvalue weighted by atomic mass is 9.93. The molecule has 1 aliphatic heterocycles. The number of carbonyl (C=O) groups excluding carboxylic acids is 1. The number of pyridine rings is 2. The maximum atomic E-state index is 13.6. The SMILES string of the molecule is CC(C)(C)NSc1cccc(NC(=O)c2ccc(C(O)(CO)C(F)(F)F)nc2N2CCC3(CC2)CC3)n1. The molecule has 2 aromatic rings. The number of aromatic nitrogens is 2. The summed E-state index contributed by atoms with van der Waals surface area (Å²) in [4.78, 5) is 23.6. The molecule has 202 valence electrons. The van der Waals surface area contributed by atoms with Gasteiger partial charge < -0.3 is 20.4 Å². The van der Waals surface area contributed by atoms with Crippen molar-refractivity contribution in [2.75, 3.05) is 29.9 Å². The largest absolute Gasteiger partial charge is 0.425 e. The highest BCUT2D eigenvalue weighted by molar-refractivity contribution is 7.97. The number of alkyl halides is 3. The van der Waals surface area contributed by atoms with E-state index in [2.05, 4.69) is 20.0 Å². The van der Waals surface area contributed by atoms with E-state index >= 15 is 0 Å². The number of halogens is 3. The number of anilines is 2. The van der Waals surface area contributed by atoms with Crippen LogP contribution in [0.2, 0.25) is 0 Å². The number of nitrogens with zero attached hydrogens (tertiary/aromatic N) is 3. The van der Waals surface area contributed by atoms with E-state index < -0.39 is 30.0 Å². The van der Waals surface area contributed by atoms with E-state index in [9.17, 15) is 28.2 Å². The van der Waals surface area contributed by atoms with Crippen LogP contribution in [0.4, 0.5) is 24.8 Å². The molecule has 8 nitrogen and oxygen atoms in total. The standard InChI is InChI=1S/C25H32F3N5O3S/c1-22(2,3)32-37-19-6-4-5-18(30-19)31-21(35)16-7-8-17(24(36,15-34)25(26,27)28)29-20(16)33-13-11-23(9-10-23)12-14-33/h4-8,32,34,36H,9-15H2,1-3H3,(H,30,31,35). The van der Waals surface area contributed by atoms with Gasteiger partial charge >= 0.3 is 6.18 Å². The second kappa shape index (κ2) is 10.0. The second-order valence-corrected chi connectivity index (χ2v) is 11.7. The number of aliphatic hydroxyl groups excluding tert-OH is 1. The van der Waals surface area contributed by atoms with Gasteiger partial charge in [-0.3, -0.25) is 9.52 Å². The van der Waals surface area contributed by atoms with Gasteiger partial charge in [0, 0.05) is 18.6 Å². The molecule has 0 radical (unpaired) electrons. The first-order valence-electron chi connectivity index (χ1n) is 12.1. The van der Waals surface area contributed by atoms with Crippen LogP contribution in [0.25, 0.3) is 0 Å². The smallest absolute Gasteiger partial charge is 0.393 e. The van der Waals surface area contributed by atoms with E-state index in [0.29, 0.717) is 18.1 Å². The summed E-state index contributed by atoms with van der Waals surface area (Å²) >= 11 is 1.31. The summed E-state index contributed by atoms with van der Waals surface area (Å²) in [7, 11) is 0. The molecule has 2 fully saturated rings. The molecule has 1 amide bonds. The minimum Gasteiger partial charge on any atom is -0.393 e. The van der Waals surface area contributed by atoms with Gasteiger partial charge in [0.25, 0.3) is 5.91 Å². The molecule has 1 spiro atoms. The summed E-state index contributed by atoms with van der Waals surface area (Å²) in [6.45, 7) is 5.49. The maximum Gasteiger partial charge on any atom is 0.425 e. The van der Waals surface area contributed by atoms with Gasteiger partial charge in [0.15, 0.2) is 0 Å². The highest BCUT2D eigenvalue weighted by atomic mass is 32.2. The lowest BCUT2D eigenvalue weighted by molar-refractivity contribution is -0.279. The van der Waals surface area contributed by atoms with E-state index in [1.165, 1.54) is 18.0 Å². The number of carbonyl (C=O) groups is 1. The Bertz CT molecular complexity index is 1140. The average molecular weight is 540 g/mol. The number of amides is 1. The summed E-state index contributed by atoms with van der Waals surface area (Å²) in [6, 6.07) is 7.28. The highest BCUT2D eigenvalue weighted by Gasteiger charge is 2.56. The van der Waals surface area contributed by atoms with Gasteiger partial charge in [-0.05, 0) is 88.1 Å². The third-order valence-electron chi connectivity index (χ3n) is 6.75. The molecule has 1 atom stereocenters. The van der Waals surface area contributed by atoms with Crippen LogP contribution in [0, 0.1) is 5.41 Å². The predicted molar refractivity (Wildman–Crippen MR) is 135 cm³/mol. The van der Waals surface area contributed by atoms with Crippen molar-refractivity contribution in [1.29, 1.82) is 0 Å². The van der Waals surface area contributed by atoms with E-state index in [0.717, 1.165) is 31.7 Å². The van der Waals surface area contributed by atoms with Crippen molar-refractivity contribution in [2.24, 2.45) is 5.41 Å². The van der Waals surface area contributed by atoms with Crippen molar-refractivity contribution >= 4 is 29.5 Å². The second-order valence-electron chi connectivity index (χ2n) is 10.8. The zero-order valence-electron chi connectivity index (χ0n) is 21.0. The first-order chi connectivity index (χ1) is 17.3. The first kappa shape index (κ1) is 27.6. The molecule has 37 heavy (non-hydrogen) atoms. The molecule has 3 heterocycles. The van der Waals surface area contributed by atoms with E-state index in [-0.39, 0.29) is 28.2 Å². The molecule has 4 rings (SSSR count). The van der Waals surface area contributed by atoms with Crippen LogP contribution in [-0.4, -0.2) is 57.5 Å². The molecule has 2 aromatic heterocycles. The molecule has 0 aromatic carbocycles. The normalized spacial score (nSPS) is 19.0. The van der Waals surface area contributed by atoms with Crippen LogP contribution in [0.5, 0.6) is 0 Å². The Morgan fingerprint density at radius 1 is 1.08 bits per heavy atom. The Morgan fingerprint density at radius 2 is 1.76 bits per heavy atom. The number of piperidine rings is 1. The van der Waals surface area contributed by atoms with E-state index in [1.54, 1.807) is 23.1 Å². The minimum absolute atomic E-state index is 0.0431. The molecule has 1 unspecified atom stereocenters. The van der Waals surface area contributed by atoms with Crippen molar-refractivity contribution in [2.45, 2.75) is 68.8 Å². The fourth-order valence-corrected chi connectivity index (χ4v) is 4.91. The zero-order chi connectivity index (χ0) is 27.1. The number of rotatable bonds is 7. The Kier molecular flexibility index (Phi) is 7.50. The fourth-order valence-electron chi connectivity index (χ4n) is 4.21. The number of hydrogen-bond acceptors (Lipinski definition) is 8. The van der Waals surface area contributed by atoms with Gasteiger partial charge in [0.05, 0.1) is 17.9 Å². The van der Waals surface area contributed by atoms with Crippen molar-refractivity contribution in [3.05, 3.63) is 41.6 Å². The third kappa shape index (κ3) is 6.19. The summed E-state index contributed by atoms with van der Waals surface area (Å²) in [5, 5.41) is 23.0. The van der Waals surface area contributed by atoms with Crippen molar-refractivity contribution in [3.63, 3.8) is 0 Å². The molecule has 1 saturated heterocycles. The molecule has 12 heteroatoms. The molecule has 0 bridgehead atoms. The molecule has 1 saturated carbocycles.